The van der Waals surface area contributed by atoms with Gasteiger partial charge in [-0.2, -0.15) is 0 Å². The fourth-order valence-corrected chi connectivity index (χ4v) is 3.08. The Morgan fingerprint density at radius 2 is 2.00 bits per heavy atom. The number of nitrogens with zero attached hydrogens (tertiary/aromatic N) is 1. The summed E-state index contributed by atoms with van der Waals surface area (Å²) < 4.78 is 26.6. The summed E-state index contributed by atoms with van der Waals surface area (Å²) in [6.07, 6.45) is 1.94. The molecule has 0 aliphatic rings. The highest BCUT2D eigenvalue weighted by molar-refractivity contribution is 9.10. The molecule has 1 aromatic heterocycles. The zero-order valence-electron chi connectivity index (χ0n) is 10.4. The standard InChI is InChI=1S/C13H16BrNO2S/c1-10(2)18(16,17)8-7-15-6-5-11-3-4-12(14)9-13(11)15/h3-6,9-10H,7-8H2,1-2H3. The highest BCUT2D eigenvalue weighted by Crippen LogP contribution is 2.21. The molecule has 2 aromatic rings. The van der Waals surface area contributed by atoms with E-state index in [1.54, 1.807) is 13.8 Å². The van der Waals surface area contributed by atoms with Gasteiger partial charge >= 0.3 is 0 Å². The number of aryl methyl sites for hydroxylation is 1. The second-order valence-corrected chi connectivity index (χ2v) is 8.22. The van der Waals surface area contributed by atoms with Gasteiger partial charge in [0.15, 0.2) is 9.84 Å². The molecule has 1 aromatic carbocycles. The molecule has 2 rings (SSSR count). The Morgan fingerprint density at radius 3 is 2.67 bits per heavy atom. The molecule has 0 atom stereocenters. The number of hydrogen-bond acceptors (Lipinski definition) is 2. The summed E-state index contributed by atoms with van der Waals surface area (Å²) in [5, 5.41) is 0.811. The van der Waals surface area contributed by atoms with Crippen LogP contribution in [0.15, 0.2) is 34.9 Å². The highest BCUT2D eigenvalue weighted by atomic mass is 79.9. The van der Waals surface area contributed by atoms with Crippen LogP contribution < -0.4 is 0 Å². The Morgan fingerprint density at radius 1 is 1.28 bits per heavy atom. The minimum atomic E-state index is -2.99. The maximum absolute atomic E-state index is 11.8. The topological polar surface area (TPSA) is 39.1 Å². The molecule has 0 bridgehead atoms. The molecule has 0 saturated carbocycles. The van der Waals surface area contributed by atoms with Crippen molar-refractivity contribution >= 4 is 36.7 Å². The number of fused-ring (bicyclic) bond motifs is 1. The first-order chi connectivity index (χ1) is 8.40. The average Bonchev–Trinajstić information content (AvgIpc) is 2.68. The first-order valence-corrected chi connectivity index (χ1v) is 8.37. The van der Waals surface area contributed by atoms with E-state index in [1.807, 2.05) is 35.0 Å². The molecular formula is C13H16BrNO2S. The molecule has 5 heteroatoms. The highest BCUT2D eigenvalue weighted by Gasteiger charge is 2.16. The van der Waals surface area contributed by atoms with Gasteiger partial charge < -0.3 is 4.57 Å². The van der Waals surface area contributed by atoms with Crippen molar-refractivity contribution in [1.29, 1.82) is 0 Å². The Bertz CT molecular complexity index is 659. The van der Waals surface area contributed by atoms with Crippen LogP contribution in [0, 0.1) is 0 Å². The van der Waals surface area contributed by atoms with Crippen molar-refractivity contribution in [3.05, 3.63) is 34.9 Å². The molecule has 0 spiro atoms. The zero-order chi connectivity index (χ0) is 13.3. The number of aromatic nitrogens is 1. The molecular weight excluding hydrogens is 314 g/mol. The Balaban J connectivity index is 2.25. The van der Waals surface area contributed by atoms with Gasteiger partial charge in [0.2, 0.25) is 0 Å². The lowest BCUT2D eigenvalue weighted by Gasteiger charge is -2.09. The third-order valence-corrected chi connectivity index (χ3v) is 5.75. The normalized spacial score (nSPS) is 12.4. The molecule has 0 saturated heterocycles. The van der Waals surface area contributed by atoms with Gasteiger partial charge in [0, 0.05) is 22.7 Å². The van der Waals surface area contributed by atoms with Gasteiger partial charge in [-0.1, -0.05) is 22.0 Å². The monoisotopic (exact) mass is 329 g/mol. The predicted molar refractivity (Wildman–Crippen MR) is 78.6 cm³/mol. The maximum atomic E-state index is 11.8. The van der Waals surface area contributed by atoms with Crippen LogP contribution in [0.25, 0.3) is 10.9 Å². The van der Waals surface area contributed by atoms with Gasteiger partial charge in [0.05, 0.1) is 11.0 Å². The van der Waals surface area contributed by atoms with Crippen molar-refractivity contribution in [2.45, 2.75) is 25.6 Å². The van der Waals surface area contributed by atoms with Gasteiger partial charge in [-0.25, -0.2) is 8.42 Å². The van der Waals surface area contributed by atoms with Crippen LogP contribution >= 0.6 is 15.9 Å². The number of rotatable bonds is 4. The SMILES string of the molecule is CC(C)S(=O)(=O)CCn1ccc2ccc(Br)cc21. The van der Waals surface area contributed by atoms with E-state index < -0.39 is 9.84 Å². The van der Waals surface area contributed by atoms with E-state index in [0.717, 1.165) is 15.4 Å². The molecule has 0 radical (unpaired) electrons. The van der Waals surface area contributed by atoms with Crippen LogP contribution in [-0.4, -0.2) is 24.0 Å². The van der Waals surface area contributed by atoms with Crippen molar-refractivity contribution in [2.75, 3.05) is 5.75 Å². The van der Waals surface area contributed by atoms with E-state index in [-0.39, 0.29) is 11.0 Å². The van der Waals surface area contributed by atoms with Crippen LogP contribution in [0.2, 0.25) is 0 Å². The summed E-state index contributed by atoms with van der Waals surface area (Å²) in [4.78, 5) is 0. The molecule has 1 heterocycles. The third kappa shape index (κ3) is 2.78. The van der Waals surface area contributed by atoms with Gasteiger partial charge in [-0.15, -0.1) is 0 Å². The van der Waals surface area contributed by atoms with E-state index >= 15 is 0 Å². The molecule has 0 N–H and O–H groups in total. The number of benzene rings is 1. The van der Waals surface area contributed by atoms with E-state index in [4.69, 9.17) is 0 Å². The van der Waals surface area contributed by atoms with Crippen LogP contribution in [0.3, 0.4) is 0 Å². The Labute approximate surface area is 116 Å². The number of halogens is 1. The van der Waals surface area contributed by atoms with E-state index in [1.165, 1.54) is 0 Å². The summed E-state index contributed by atoms with van der Waals surface area (Å²) in [6.45, 7) is 3.94. The number of sulfone groups is 1. The van der Waals surface area contributed by atoms with Crippen molar-refractivity contribution in [3.8, 4) is 0 Å². The van der Waals surface area contributed by atoms with E-state index in [2.05, 4.69) is 15.9 Å². The maximum Gasteiger partial charge on any atom is 0.154 e. The van der Waals surface area contributed by atoms with E-state index in [9.17, 15) is 8.42 Å². The zero-order valence-corrected chi connectivity index (χ0v) is 12.8. The number of hydrogen-bond donors (Lipinski definition) is 0. The minimum Gasteiger partial charge on any atom is -0.346 e. The second-order valence-electron chi connectivity index (χ2n) is 4.63. The first-order valence-electron chi connectivity index (χ1n) is 5.86. The minimum absolute atomic E-state index is 0.182. The van der Waals surface area contributed by atoms with Crippen LogP contribution in [0.4, 0.5) is 0 Å². The third-order valence-electron chi connectivity index (χ3n) is 3.07. The quantitative estimate of drug-likeness (QED) is 0.863. The molecule has 0 fully saturated rings. The Kier molecular flexibility index (Phi) is 3.82. The predicted octanol–water partition coefficient (Wildman–Crippen LogP) is 3.23. The molecule has 0 aliphatic carbocycles. The summed E-state index contributed by atoms with van der Waals surface area (Å²) in [5.41, 5.74) is 1.06. The lowest BCUT2D eigenvalue weighted by atomic mass is 10.2. The average molecular weight is 330 g/mol. The largest absolute Gasteiger partial charge is 0.346 e. The van der Waals surface area contributed by atoms with Crippen molar-refractivity contribution in [3.63, 3.8) is 0 Å². The summed E-state index contributed by atoms with van der Waals surface area (Å²) in [6, 6.07) is 8.02. The summed E-state index contributed by atoms with van der Waals surface area (Å²) >= 11 is 3.43. The smallest absolute Gasteiger partial charge is 0.154 e. The lowest BCUT2D eigenvalue weighted by Crippen LogP contribution is -2.20. The van der Waals surface area contributed by atoms with Crippen LogP contribution in [0.5, 0.6) is 0 Å². The second kappa shape index (κ2) is 5.05. The van der Waals surface area contributed by atoms with Gasteiger partial charge in [0.25, 0.3) is 0 Å². The summed E-state index contributed by atoms with van der Waals surface area (Å²) in [7, 11) is -2.99. The molecule has 98 valence electrons. The molecule has 0 aliphatic heterocycles. The fraction of sp³-hybridized carbons (Fsp3) is 0.385. The molecule has 3 nitrogen and oxygen atoms in total. The van der Waals surface area contributed by atoms with Crippen molar-refractivity contribution in [1.82, 2.24) is 4.57 Å². The fourth-order valence-electron chi connectivity index (χ4n) is 1.81. The van der Waals surface area contributed by atoms with Gasteiger partial charge in [-0.3, -0.25) is 0 Å². The van der Waals surface area contributed by atoms with E-state index in [0.29, 0.717) is 6.54 Å². The molecule has 18 heavy (non-hydrogen) atoms. The first kappa shape index (κ1) is 13.6. The van der Waals surface area contributed by atoms with Crippen molar-refractivity contribution < 1.29 is 8.42 Å². The van der Waals surface area contributed by atoms with Crippen LogP contribution in [-0.2, 0) is 16.4 Å². The Hall–Kier alpha value is -0.810. The molecule has 0 amide bonds. The van der Waals surface area contributed by atoms with Crippen LogP contribution in [0.1, 0.15) is 13.8 Å². The molecule has 0 unspecified atom stereocenters. The van der Waals surface area contributed by atoms with Crippen molar-refractivity contribution in [2.24, 2.45) is 0 Å². The van der Waals surface area contributed by atoms with Gasteiger partial charge in [0.1, 0.15) is 0 Å². The summed E-state index contributed by atoms with van der Waals surface area (Å²) in [5.74, 6) is 0.182. The lowest BCUT2D eigenvalue weighted by molar-refractivity contribution is 0.581. The van der Waals surface area contributed by atoms with Gasteiger partial charge in [-0.05, 0) is 37.4 Å².